The average Bonchev–Trinajstić information content (AvgIpc) is 2.31. The molecule has 0 radical (unpaired) electrons. The number of carbonyl (C=O) groups excluding carboxylic acids is 1. The number of hydrogen-bond acceptors (Lipinski definition) is 3. The first-order valence-corrected chi connectivity index (χ1v) is 5.35. The zero-order valence-electron chi connectivity index (χ0n) is 8.69. The Morgan fingerprint density at radius 3 is 2.67 bits per heavy atom. The molecule has 2 rings (SSSR count). The van der Waals surface area contributed by atoms with Gasteiger partial charge in [0.25, 0.3) is 0 Å². The highest BCUT2D eigenvalue weighted by Gasteiger charge is 2.21. The molecule has 1 fully saturated rings. The van der Waals surface area contributed by atoms with Gasteiger partial charge < -0.3 is 4.74 Å². The minimum atomic E-state index is 0.201. The van der Waals surface area contributed by atoms with Gasteiger partial charge in [-0.15, -0.1) is 0 Å². The van der Waals surface area contributed by atoms with Crippen molar-refractivity contribution in [2.24, 2.45) is 5.92 Å². The van der Waals surface area contributed by atoms with Gasteiger partial charge in [-0.2, -0.15) is 0 Å². The molecule has 0 spiro atoms. The quantitative estimate of drug-likeness (QED) is 0.752. The van der Waals surface area contributed by atoms with Gasteiger partial charge in [-0.25, -0.2) is 0 Å². The molecule has 0 bridgehead atoms. The summed E-state index contributed by atoms with van der Waals surface area (Å²) in [6.45, 7) is 1.46. The molecular formula is C12H15NO2. The van der Waals surface area contributed by atoms with Crippen LogP contribution in [-0.2, 0) is 16.0 Å². The molecule has 0 unspecified atom stereocenters. The molecule has 0 saturated carbocycles. The highest BCUT2D eigenvalue weighted by atomic mass is 16.5. The fraction of sp³-hybridized carbons (Fsp3) is 0.500. The zero-order chi connectivity index (χ0) is 10.5. The monoisotopic (exact) mass is 205 g/mol. The Morgan fingerprint density at radius 2 is 2.00 bits per heavy atom. The number of ether oxygens (including phenoxy) is 1. The summed E-state index contributed by atoms with van der Waals surface area (Å²) in [4.78, 5) is 15.8. The van der Waals surface area contributed by atoms with Gasteiger partial charge in [0.1, 0.15) is 5.78 Å². The van der Waals surface area contributed by atoms with Crippen molar-refractivity contribution in [2.75, 3.05) is 13.2 Å². The molecule has 1 saturated heterocycles. The first-order valence-electron chi connectivity index (χ1n) is 5.35. The summed E-state index contributed by atoms with van der Waals surface area (Å²) in [5, 5.41) is 0. The molecule has 3 heteroatoms. The molecule has 1 aromatic heterocycles. The third-order valence-electron chi connectivity index (χ3n) is 2.80. The Bertz CT molecular complexity index is 318. The molecule has 0 aromatic carbocycles. The van der Waals surface area contributed by atoms with E-state index in [2.05, 4.69) is 4.98 Å². The second-order valence-corrected chi connectivity index (χ2v) is 3.89. The second kappa shape index (κ2) is 5.03. The Kier molecular flexibility index (Phi) is 3.45. The van der Waals surface area contributed by atoms with Gasteiger partial charge in [-0.05, 0) is 30.5 Å². The SMILES string of the molecule is O=C(Cc1ccncc1)C1CCOCC1. The van der Waals surface area contributed by atoms with Crippen LogP contribution in [0, 0.1) is 5.92 Å². The van der Waals surface area contributed by atoms with E-state index in [1.165, 1.54) is 0 Å². The Hall–Kier alpha value is -1.22. The summed E-state index contributed by atoms with van der Waals surface area (Å²) >= 11 is 0. The Morgan fingerprint density at radius 1 is 1.33 bits per heavy atom. The lowest BCUT2D eigenvalue weighted by atomic mass is 9.92. The van der Waals surface area contributed by atoms with Crippen LogP contribution in [0.2, 0.25) is 0 Å². The van der Waals surface area contributed by atoms with E-state index in [4.69, 9.17) is 4.74 Å². The minimum Gasteiger partial charge on any atom is -0.381 e. The summed E-state index contributed by atoms with van der Waals surface area (Å²) in [6.07, 6.45) is 5.75. The lowest BCUT2D eigenvalue weighted by Gasteiger charge is -2.20. The van der Waals surface area contributed by atoms with Crippen molar-refractivity contribution < 1.29 is 9.53 Å². The molecule has 0 aliphatic carbocycles. The second-order valence-electron chi connectivity index (χ2n) is 3.89. The van der Waals surface area contributed by atoms with E-state index in [1.807, 2.05) is 12.1 Å². The van der Waals surface area contributed by atoms with Crippen LogP contribution in [0.15, 0.2) is 24.5 Å². The third-order valence-corrected chi connectivity index (χ3v) is 2.80. The smallest absolute Gasteiger partial charge is 0.140 e. The third kappa shape index (κ3) is 2.86. The van der Waals surface area contributed by atoms with Gasteiger partial charge in [-0.3, -0.25) is 9.78 Å². The topological polar surface area (TPSA) is 39.2 Å². The number of ketones is 1. The molecule has 1 aliphatic heterocycles. The van der Waals surface area contributed by atoms with Crippen LogP contribution in [0.1, 0.15) is 18.4 Å². The van der Waals surface area contributed by atoms with Crippen molar-refractivity contribution in [3.8, 4) is 0 Å². The molecular weight excluding hydrogens is 190 g/mol. The normalized spacial score (nSPS) is 17.6. The van der Waals surface area contributed by atoms with E-state index < -0.39 is 0 Å². The average molecular weight is 205 g/mol. The maximum atomic E-state index is 11.9. The molecule has 15 heavy (non-hydrogen) atoms. The van der Waals surface area contributed by atoms with Crippen molar-refractivity contribution >= 4 is 5.78 Å². The van der Waals surface area contributed by atoms with E-state index >= 15 is 0 Å². The van der Waals surface area contributed by atoms with E-state index in [0.29, 0.717) is 12.2 Å². The molecule has 2 heterocycles. The fourth-order valence-electron chi connectivity index (χ4n) is 1.87. The number of carbonyl (C=O) groups is 1. The first kappa shape index (κ1) is 10.3. The van der Waals surface area contributed by atoms with Crippen molar-refractivity contribution in [2.45, 2.75) is 19.3 Å². The highest BCUT2D eigenvalue weighted by Crippen LogP contribution is 2.17. The predicted molar refractivity (Wildman–Crippen MR) is 56.5 cm³/mol. The van der Waals surface area contributed by atoms with Crippen LogP contribution in [0.5, 0.6) is 0 Å². The van der Waals surface area contributed by atoms with Crippen LogP contribution in [0.4, 0.5) is 0 Å². The molecule has 1 aromatic rings. The number of pyridine rings is 1. The molecule has 3 nitrogen and oxygen atoms in total. The largest absolute Gasteiger partial charge is 0.381 e. The molecule has 0 atom stereocenters. The Labute approximate surface area is 89.5 Å². The lowest BCUT2D eigenvalue weighted by Crippen LogP contribution is -2.24. The van der Waals surface area contributed by atoms with Crippen LogP contribution in [0.3, 0.4) is 0 Å². The number of Topliss-reactive ketones (excluding diaryl/α,β-unsaturated/α-hetero) is 1. The summed E-state index contributed by atoms with van der Waals surface area (Å²) < 4.78 is 5.24. The lowest BCUT2D eigenvalue weighted by molar-refractivity contribution is -0.125. The van der Waals surface area contributed by atoms with Crippen molar-refractivity contribution in [3.63, 3.8) is 0 Å². The van der Waals surface area contributed by atoms with E-state index in [0.717, 1.165) is 31.6 Å². The summed E-state index contributed by atoms with van der Waals surface area (Å²) in [5.74, 6) is 0.538. The number of nitrogens with zero attached hydrogens (tertiary/aromatic N) is 1. The van der Waals surface area contributed by atoms with Crippen LogP contribution in [-0.4, -0.2) is 24.0 Å². The maximum Gasteiger partial charge on any atom is 0.140 e. The molecule has 80 valence electrons. The van der Waals surface area contributed by atoms with Crippen molar-refractivity contribution in [3.05, 3.63) is 30.1 Å². The zero-order valence-corrected chi connectivity index (χ0v) is 8.69. The minimum absolute atomic E-state index is 0.201. The molecule has 0 N–H and O–H groups in total. The van der Waals surface area contributed by atoms with Gasteiger partial charge >= 0.3 is 0 Å². The first-order chi connectivity index (χ1) is 7.36. The van der Waals surface area contributed by atoms with Gasteiger partial charge in [-0.1, -0.05) is 0 Å². The van der Waals surface area contributed by atoms with Crippen molar-refractivity contribution in [1.82, 2.24) is 4.98 Å². The van der Waals surface area contributed by atoms with Gasteiger partial charge in [0, 0.05) is 37.9 Å². The van der Waals surface area contributed by atoms with Crippen LogP contribution < -0.4 is 0 Å². The van der Waals surface area contributed by atoms with Crippen molar-refractivity contribution in [1.29, 1.82) is 0 Å². The molecule has 0 amide bonds. The number of hydrogen-bond donors (Lipinski definition) is 0. The summed E-state index contributed by atoms with van der Waals surface area (Å²) in [5.41, 5.74) is 1.06. The van der Waals surface area contributed by atoms with Gasteiger partial charge in [0.2, 0.25) is 0 Å². The van der Waals surface area contributed by atoms with E-state index in [-0.39, 0.29) is 5.92 Å². The van der Waals surface area contributed by atoms with E-state index in [9.17, 15) is 4.79 Å². The standard InChI is InChI=1S/C12H15NO2/c14-12(11-3-7-15-8-4-11)9-10-1-5-13-6-2-10/h1-2,5-6,11H,3-4,7-9H2. The number of rotatable bonds is 3. The summed E-state index contributed by atoms with van der Waals surface area (Å²) in [7, 11) is 0. The predicted octanol–water partition coefficient (Wildman–Crippen LogP) is 1.62. The van der Waals surface area contributed by atoms with Gasteiger partial charge in [0.15, 0.2) is 0 Å². The van der Waals surface area contributed by atoms with Crippen LogP contribution >= 0.6 is 0 Å². The number of aromatic nitrogens is 1. The maximum absolute atomic E-state index is 11.9. The van der Waals surface area contributed by atoms with Crippen LogP contribution in [0.25, 0.3) is 0 Å². The fourth-order valence-corrected chi connectivity index (χ4v) is 1.87. The molecule has 1 aliphatic rings. The Balaban J connectivity index is 1.91. The summed E-state index contributed by atoms with van der Waals surface area (Å²) in [6, 6.07) is 3.80. The highest BCUT2D eigenvalue weighted by molar-refractivity contribution is 5.83. The van der Waals surface area contributed by atoms with Gasteiger partial charge in [0.05, 0.1) is 0 Å². The van der Waals surface area contributed by atoms with E-state index in [1.54, 1.807) is 12.4 Å².